The van der Waals surface area contributed by atoms with Gasteiger partial charge in [-0.3, -0.25) is 19.8 Å². The van der Waals surface area contributed by atoms with Crippen molar-refractivity contribution >= 4 is 22.9 Å². The minimum atomic E-state index is -0.656. The molecule has 1 aromatic heterocycles. The SMILES string of the molecule is CCN(CC)C(CNC(=O)c1cc(OC)c(OC)c(OC)c1[N+](=O)[O-])c1ccsc1. The Morgan fingerprint density at radius 3 is 2.33 bits per heavy atom. The highest BCUT2D eigenvalue weighted by atomic mass is 32.1. The normalized spacial score (nSPS) is 11.8. The number of ether oxygens (including phenoxy) is 3. The molecule has 0 aliphatic rings. The van der Waals surface area contributed by atoms with Gasteiger partial charge in [0.05, 0.1) is 32.3 Å². The van der Waals surface area contributed by atoms with Crippen LogP contribution in [0.25, 0.3) is 0 Å². The molecule has 0 radical (unpaired) electrons. The van der Waals surface area contributed by atoms with Crippen LogP contribution in [0.1, 0.15) is 35.8 Å². The maximum Gasteiger partial charge on any atom is 0.327 e. The van der Waals surface area contributed by atoms with Crippen LogP contribution in [0.3, 0.4) is 0 Å². The van der Waals surface area contributed by atoms with E-state index in [0.29, 0.717) is 6.54 Å². The molecule has 0 bridgehead atoms. The lowest BCUT2D eigenvalue weighted by atomic mass is 10.1. The van der Waals surface area contributed by atoms with Crippen LogP contribution in [-0.4, -0.2) is 56.7 Å². The number of methoxy groups -OCH3 is 3. The first-order valence-electron chi connectivity index (χ1n) is 9.44. The summed E-state index contributed by atoms with van der Waals surface area (Å²) in [5.74, 6) is -0.524. The smallest absolute Gasteiger partial charge is 0.327 e. The Morgan fingerprint density at radius 1 is 1.20 bits per heavy atom. The molecule has 1 unspecified atom stereocenters. The number of likely N-dealkylation sites (N-methyl/N-ethyl adjacent to an activating group) is 1. The third kappa shape index (κ3) is 4.82. The number of hydrogen-bond acceptors (Lipinski definition) is 8. The van der Waals surface area contributed by atoms with Crippen molar-refractivity contribution < 1.29 is 23.9 Å². The van der Waals surface area contributed by atoms with Crippen LogP contribution in [-0.2, 0) is 0 Å². The molecular formula is C20H27N3O6S. The summed E-state index contributed by atoms with van der Waals surface area (Å²) >= 11 is 1.58. The molecule has 0 aliphatic heterocycles. The minimum Gasteiger partial charge on any atom is -0.493 e. The van der Waals surface area contributed by atoms with E-state index < -0.39 is 16.5 Å². The maximum atomic E-state index is 13.0. The highest BCUT2D eigenvalue weighted by Crippen LogP contribution is 2.46. The first kappa shape index (κ1) is 23.4. The molecule has 164 valence electrons. The Morgan fingerprint density at radius 2 is 1.87 bits per heavy atom. The summed E-state index contributed by atoms with van der Waals surface area (Å²) in [7, 11) is 4.01. The predicted molar refractivity (Wildman–Crippen MR) is 115 cm³/mol. The zero-order valence-electron chi connectivity index (χ0n) is 17.8. The lowest BCUT2D eigenvalue weighted by molar-refractivity contribution is -0.386. The molecule has 1 atom stereocenters. The average molecular weight is 438 g/mol. The maximum absolute atomic E-state index is 13.0. The van der Waals surface area contributed by atoms with Crippen LogP contribution in [0.15, 0.2) is 22.9 Å². The van der Waals surface area contributed by atoms with Gasteiger partial charge in [-0.25, -0.2) is 0 Å². The Labute approximate surface area is 179 Å². The number of rotatable bonds is 11. The van der Waals surface area contributed by atoms with Crippen LogP contribution in [0.5, 0.6) is 17.2 Å². The second-order valence-electron chi connectivity index (χ2n) is 6.30. The van der Waals surface area contributed by atoms with Crippen molar-refractivity contribution in [1.29, 1.82) is 0 Å². The Hall–Kier alpha value is -2.85. The first-order chi connectivity index (χ1) is 14.4. The van der Waals surface area contributed by atoms with E-state index in [9.17, 15) is 14.9 Å². The van der Waals surface area contributed by atoms with Gasteiger partial charge >= 0.3 is 5.69 Å². The summed E-state index contributed by atoms with van der Waals surface area (Å²) in [5.41, 5.74) is 0.462. The number of benzene rings is 1. The number of thiophene rings is 1. The summed E-state index contributed by atoms with van der Waals surface area (Å²) in [5, 5.41) is 18.6. The summed E-state index contributed by atoms with van der Waals surface area (Å²) in [6, 6.07) is 3.27. The number of hydrogen-bond donors (Lipinski definition) is 1. The highest BCUT2D eigenvalue weighted by Gasteiger charge is 2.33. The molecule has 0 saturated carbocycles. The lowest BCUT2D eigenvalue weighted by Gasteiger charge is -2.29. The van der Waals surface area contributed by atoms with Crippen molar-refractivity contribution in [2.24, 2.45) is 0 Å². The Balaban J connectivity index is 2.41. The third-order valence-electron chi connectivity index (χ3n) is 4.87. The Bertz CT molecular complexity index is 868. The summed E-state index contributed by atoms with van der Waals surface area (Å²) in [6.07, 6.45) is 0. The van der Waals surface area contributed by atoms with Crippen LogP contribution in [0, 0.1) is 10.1 Å². The van der Waals surface area contributed by atoms with Gasteiger partial charge in [0.15, 0.2) is 5.75 Å². The average Bonchev–Trinajstić information content (AvgIpc) is 3.28. The van der Waals surface area contributed by atoms with E-state index in [0.717, 1.165) is 18.7 Å². The molecule has 1 amide bonds. The molecule has 30 heavy (non-hydrogen) atoms. The van der Waals surface area contributed by atoms with Crippen molar-refractivity contribution in [3.8, 4) is 17.2 Å². The standard InChI is InChI=1S/C20H27N3O6S/c1-6-22(7-2)15(13-8-9-30-12-13)11-21-20(24)14-10-16(27-3)18(28-4)19(29-5)17(14)23(25)26/h8-10,12,15H,6-7,11H2,1-5H3,(H,21,24). The van der Waals surface area contributed by atoms with Crippen molar-refractivity contribution in [1.82, 2.24) is 10.2 Å². The highest BCUT2D eigenvalue weighted by molar-refractivity contribution is 7.07. The van der Waals surface area contributed by atoms with Crippen LogP contribution in [0.4, 0.5) is 5.69 Å². The minimum absolute atomic E-state index is 0.0451. The number of nitrogens with one attached hydrogen (secondary N) is 1. The fraction of sp³-hybridized carbons (Fsp3) is 0.450. The largest absolute Gasteiger partial charge is 0.493 e. The number of nitro groups is 1. The van der Waals surface area contributed by atoms with Gasteiger partial charge in [0.1, 0.15) is 5.56 Å². The van der Waals surface area contributed by atoms with Crippen molar-refractivity contribution in [2.75, 3.05) is 41.0 Å². The zero-order chi connectivity index (χ0) is 22.3. The van der Waals surface area contributed by atoms with Crippen LogP contribution < -0.4 is 19.5 Å². The van der Waals surface area contributed by atoms with E-state index in [-0.39, 0.29) is 28.9 Å². The number of carbonyl (C=O) groups is 1. The zero-order valence-corrected chi connectivity index (χ0v) is 18.6. The number of nitro benzene ring substituents is 1. The van der Waals surface area contributed by atoms with Gasteiger partial charge in [-0.15, -0.1) is 0 Å². The van der Waals surface area contributed by atoms with Crippen LogP contribution in [0.2, 0.25) is 0 Å². The monoisotopic (exact) mass is 437 g/mol. The van der Waals surface area contributed by atoms with Gasteiger partial charge < -0.3 is 19.5 Å². The van der Waals surface area contributed by atoms with Gasteiger partial charge in [0.25, 0.3) is 5.91 Å². The van der Waals surface area contributed by atoms with Gasteiger partial charge in [0.2, 0.25) is 11.5 Å². The van der Waals surface area contributed by atoms with Gasteiger partial charge in [0, 0.05) is 12.6 Å². The van der Waals surface area contributed by atoms with Crippen molar-refractivity contribution in [2.45, 2.75) is 19.9 Å². The molecule has 0 aliphatic carbocycles. The topological polar surface area (TPSA) is 103 Å². The van der Waals surface area contributed by atoms with Crippen molar-refractivity contribution in [3.05, 3.63) is 44.1 Å². The molecule has 1 heterocycles. The second kappa shape index (κ2) is 10.8. The third-order valence-corrected chi connectivity index (χ3v) is 5.57. The molecule has 1 aromatic carbocycles. The molecule has 9 nitrogen and oxygen atoms in total. The summed E-state index contributed by atoms with van der Waals surface area (Å²) < 4.78 is 15.6. The molecule has 0 spiro atoms. The number of amides is 1. The number of nitrogens with zero attached hydrogens (tertiary/aromatic N) is 2. The van der Waals surface area contributed by atoms with E-state index in [1.165, 1.54) is 27.4 Å². The van der Waals surface area contributed by atoms with Gasteiger partial charge in [-0.1, -0.05) is 13.8 Å². The van der Waals surface area contributed by atoms with E-state index in [1.54, 1.807) is 11.3 Å². The fourth-order valence-corrected chi connectivity index (χ4v) is 4.07. The molecule has 0 fully saturated rings. The summed E-state index contributed by atoms with van der Waals surface area (Å²) in [4.78, 5) is 26.3. The molecule has 0 saturated heterocycles. The molecule has 2 aromatic rings. The van der Waals surface area contributed by atoms with Gasteiger partial charge in [-0.05, 0) is 35.5 Å². The van der Waals surface area contributed by atoms with E-state index in [1.807, 2.05) is 16.8 Å². The van der Waals surface area contributed by atoms with Crippen LogP contribution >= 0.6 is 11.3 Å². The number of carbonyl (C=O) groups excluding carboxylic acids is 1. The van der Waals surface area contributed by atoms with Crippen molar-refractivity contribution in [3.63, 3.8) is 0 Å². The second-order valence-corrected chi connectivity index (χ2v) is 7.08. The first-order valence-corrected chi connectivity index (χ1v) is 10.4. The molecule has 2 rings (SSSR count). The molecule has 10 heteroatoms. The predicted octanol–water partition coefficient (Wildman–Crippen LogP) is 3.50. The molecular weight excluding hydrogens is 410 g/mol. The summed E-state index contributed by atoms with van der Waals surface area (Å²) in [6.45, 7) is 6.00. The van der Waals surface area contributed by atoms with E-state index in [2.05, 4.69) is 24.1 Å². The molecule has 1 N–H and O–H groups in total. The Kier molecular flexibility index (Phi) is 8.43. The quantitative estimate of drug-likeness (QED) is 0.424. The fourth-order valence-electron chi connectivity index (χ4n) is 3.37. The van der Waals surface area contributed by atoms with E-state index in [4.69, 9.17) is 14.2 Å². The lowest BCUT2D eigenvalue weighted by Crippen LogP contribution is -2.38. The van der Waals surface area contributed by atoms with E-state index >= 15 is 0 Å². The van der Waals surface area contributed by atoms with Gasteiger partial charge in [-0.2, -0.15) is 11.3 Å².